The molecule has 124 valence electrons. The number of carbonyl (C=O) groups is 1. The molecule has 0 atom stereocenters. The number of carbonyl (C=O) groups excluding carboxylic acids is 1. The smallest absolute Gasteiger partial charge is 0.277 e. The van der Waals surface area contributed by atoms with Crippen LogP contribution in [0.4, 0.5) is 0 Å². The van der Waals surface area contributed by atoms with Crippen LogP contribution in [0.2, 0.25) is 10.0 Å². The van der Waals surface area contributed by atoms with Gasteiger partial charge in [-0.3, -0.25) is 4.79 Å². The first kappa shape index (κ1) is 18.0. The molecule has 0 aliphatic rings. The highest BCUT2D eigenvalue weighted by Crippen LogP contribution is 2.27. The Morgan fingerprint density at radius 2 is 1.96 bits per heavy atom. The maximum Gasteiger partial charge on any atom is 0.277 e. The lowest BCUT2D eigenvalue weighted by Gasteiger charge is -2.07. The molecule has 2 aromatic carbocycles. The van der Waals surface area contributed by atoms with Crippen LogP contribution in [0.1, 0.15) is 12.5 Å². The number of hydrazone groups is 1. The van der Waals surface area contributed by atoms with E-state index in [-0.39, 0.29) is 12.5 Å². The Labute approximate surface area is 150 Å². The Bertz CT molecular complexity index is 759. The van der Waals surface area contributed by atoms with Crippen LogP contribution in [0.5, 0.6) is 5.75 Å². The molecule has 6 heteroatoms. The summed E-state index contributed by atoms with van der Waals surface area (Å²) in [5, 5.41) is 4.83. The van der Waals surface area contributed by atoms with E-state index in [4.69, 9.17) is 27.9 Å². The van der Waals surface area contributed by atoms with Crippen LogP contribution in [0, 0.1) is 0 Å². The van der Waals surface area contributed by atoms with Crippen molar-refractivity contribution in [3.05, 3.63) is 70.2 Å². The number of rotatable bonds is 6. The summed E-state index contributed by atoms with van der Waals surface area (Å²) in [6.45, 7) is 1.59. The summed E-state index contributed by atoms with van der Waals surface area (Å²) >= 11 is 11.8. The molecule has 4 nitrogen and oxygen atoms in total. The number of benzene rings is 2. The minimum absolute atomic E-state index is 0.194. The SMILES string of the molecule is CC(/C=C/c1ccccc1)=NNC(=O)COc1ccc(Cl)cc1Cl. The fourth-order valence-electron chi connectivity index (χ4n) is 1.74. The fourth-order valence-corrected chi connectivity index (χ4v) is 2.20. The first-order chi connectivity index (χ1) is 11.5. The van der Waals surface area contributed by atoms with Crippen molar-refractivity contribution in [1.82, 2.24) is 5.43 Å². The van der Waals surface area contributed by atoms with E-state index < -0.39 is 0 Å². The number of nitrogens with one attached hydrogen (secondary N) is 1. The Balaban J connectivity index is 1.82. The highest BCUT2D eigenvalue weighted by atomic mass is 35.5. The van der Waals surface area contributed by atoms with Crippen LogP contribution in [-0.2, 0) is 4.79 Å². The van der Waals surface area contributed by atoms with Gasteiger partial charge in [-0.05, 0) is 36.8 Å². The average molecular weight is 363 g/mol. The van der Waals surface area contributed by atoms with Crippen LogP contribution in [0.3, 0.4) is 0 Å². The molecule has 1 N–H and O–H groups in total. The Morgan fingerprint density at radius 3 is 2.67 bits per heavy atom. The molecule has 0 saturated heterocycles. The summed E-state index contributed by atoms with van der Waals surface area (Å²) in [4.78, 5) is 11.7. The predicted octanol–water partition coefficient (Wildman–Crippen LogP) is 4.58. The average Bonchev–Trinajstić information content (AvgIpc) is 2.58. The molecule has 0 aliphatic carbocycles. The van der Waals surface area contributed by atoms with Crippen molar-refractivity contribution in [1.29, 1.82) is 0 Å². The number of amides is 1. The van der Waals surface area contributed by atoms with Crippen molar-refractivity contribution in [3.8, 4) is 5.75 Å². The van der Waals surface area contributed by atoms with E-state index in [0.717, 1.165) is 5.56 Å². The maximum absolute atomic E-state index is 11.7. The minimum Gasteiger partial charge on any atom is -0.482 e. The number of allylic oxidation sites excluding steroid dienone is 1. The number of halogens is 2. The molecule has 2 rings (SSSR count). The van der Waals surface area contributed by atoms with E-state index >= 15 is 0 Å². The van der Waals surface area contributed by atoms with Crippen molar-refractivity contribution >= 4 is 40.9 Å². The van der Waals surface area contributed by atoms with Crippen LogP contribution in [0.25, 0.3) is 6.08 Å². The Kier molecular flexibility index (Phi) is 6.85. The number of hydrogen-bond donors (Lipinski definition) is 1. The largest absolute Gasteiger partial charge is 0.482 e. The predicted molar refractivity (Wildman–Crippen MR) is 98.7 cm³/mol. The molecule has 1 amide bonds. The third-order valence-corrected chi connectivity index (χ3v) is 3.46. The van der Waals surface area contributed by atoms with Gasteiger partial charge in [0.25, 0.3) is 5.91 Å². The van der Waals surface area contributed by atoms with Crippen LogP contribution in [0.15, 0.2) is 59.7 Å². The summed E-state index contributed by atoms with van der Waals surface area (Å²) in [5.74, 6) is 0.00868. The van der Waals surface area contributed by atoms with Crippen LogP contribution < -0.4 is 10.2 Å². The van der Waals surface area contributed by atoms with E-state index in [1.165, 1.54) is 0 Å². The van der Waals surface area contributed by atoms with Crippen LogP contribution >= 0.6 is 23.2 Å². The van der Waals surface area contributed by atoms with E-state index in [9.17, 15) is 4.79 Å². The van der Waals surface area contributed by atoms with Crippen LogP contribution in [-0.4, -0.2) is 18.2 Å². The zero-order valence-electron chi connectivity index (χ0n) is 13.0. The van der Waals surface area contributed by atoms with Crippen molar-refractivity contribution < 1.29 is 9.53 Å². The Hall–Kier alpha value is -2.30. The monoisotopic (exact) mass is 362 g/mol. The molecule has 0 aromatic heterocycles. The quantitative estimate of drug-likeness (QED) is 0.603. The first-order valence-corrected chi connectivity index (χ1v) is 7.94. The molecule has 24 heavy (non-hydrogen) atoms. The van der Waals surface area contributed by atoms with Gasteiger partial charge in [0.15, 0.2) is 6.61 Å². The number of nitrogens with zero attached hydrogens (tertiary/aromatic N) is 1. The molecule has 0 aliphatic heterocycles. The number of hydrogen-bond acceptors (Lipinski definition) is 3. The molecular weight excluding hydrogens is 347 g/mol. The molecule has 0 heterocycles. The highest BCUT2D eigenvalue weighted by Gasteiger charge is 2.05. The van der Waals surface area contributed by atoms with Gasteiger partial charge in [0, 0.05) is 5.02 Å². The molecular formula is C18H16Cl2N2O2. The third-order valence-electron chi connectivity index (χ3n) is 2.93. The zero-order chi connectivity index (χ0) is 17.4. The van der Waals surface area contributed by atoms with Gasteiger partial charge < -0.3 is 4.74 Å². The summed E-state index contributed by atoms with van der Waals surface area (Å²) in [6, 6.07) is 14.6. The molecule has 0 saturated carbocycles. The van der Waals surface area contributed by atoms with Gasteiger partial charge in [-0.25, -0.2) is 5.43 Å². The highest BCUT2D eigenvalue weighted by molar-refractivity contribution is 6.35. The molecule has 0 bridgehead atoms. The summed E-state index contributed by atoms with van der Waals surface area (Å²) in [7, 11) is 0. The number of ether oxygens (including phenoxy) is 1. The molecule has 0 unspecified atom stereocenters. The second-order valence-corrected chi connectivity index (χ2v) is 5.74. The molecule has 0 spiro atoms. The van der Waals surface area contributed by atoms with Crippen molar-refractivity contribution in [2.75, 3.05) is 6.61 Å². The lowest BCUT2D eigenvalue weighted by molar-refractivity contribution is -0.123. The standard InChI is InChI=1S/C18H16Cl2N2O2/c1-13(7-8-14-5-3-2-4-6-14)21-22-18(23)12-24-17-10-9-15(19)11-16(17)20/h2-11H,12H2,1H3,(H,22,23)/b8-7+,21-13?. The minimum atomic E-state index is -0.381. The second kappa shape index (κ2) is 9.11. The first-order valence-electron chi connectivity index (χ1n) is 7.19. The topological polar surface area (TPSA) is 50.7 Å². The molecule has 2 aromatic rings. The van der Waals surface area contributed by atoms with Gasteiger partial charge in [-0.15, -0.1) is 0 Å². The fraction of sp³-hybridized carbons (Fsp3) is 0.111. The molecule has 0 fully saturated rings. The van der Waals surface area contributed by atoms with Gasteiger partial charge in [-0.1, -0.05) is 59.6 Å². The third kappa shape index (κ3) is 6.07. The molecule has 0 radical (unpaired) electrons. The van der Waals surface area contributed by atoms with Crippen molar-refractivity contribution in [3.63, 3.8) is 0 Å². The lowest BCUT2D eigenvalue weighted by atomic mass is 10.2. The van der Waals surface area contributed by atoms with Gasteiger partial charge in [0.2, 0.25) is 0 Å². The van der Waals surface area contributed by atoms with Gasteiger partial charge in [0.05, 0.1) is 10.7 Å². The van der Waals surface area contributed by atoms with Crippen molar-refractivity contribution in [2.45, 2.75) is 6.92 Å². The van der Waals surface area contributed by atoms with Crippen molar-refractivity contribution in [2.24, 2.45) is 5.10 Å². The zero-order valence-corrected chi connectivity index (χ0v) is 14.5. The Morgan fingerprint density at radius 1 is 1.21 bits per heavy atom. The van der Waals surface area contributed by atoms with Gasteiger partial charge in [-0.2, -0.15) is 5.10 Å². The van der Waals surface area contributed by atoms with E-state index in [1.807, 2.05) is 42.5 Å². The van der Waals surface area contributed by atoms with E-state index in [2.05, 4.69) is 10.5 Å². The summed E-state index contributed by atoms with van der Waals surface area (Å²) in [5.41, 5.74) is 4.14. The normalized spacial score (nSPS) is 11.5. The summed E-state index contributed by atoms with van der Waals surface area (Å²) in [6.07, 6.45) is 3.72. The lowest BCUT2D eigenvalue weighted by Crippen LogP contribution is -2.25. The van der Waals surface area contributed by atoms with E-state index in [0.29, 0.717) is 21.5 Å². The maximum atomic E-state index is 11.7. The second-order valence-electron chi connectivity index (χ2n) is 4.90. The van der Waals surface area contributed by atoms with Gasteiger partial charge in [0.1, 0.15) is 5.75 Å². The van der Waals surface area contributed by atoms with E-state index in [1.54, 1.807) is 25.1 Å². The summed E-state index contributed by atoms with van der Waals surface area (Å²) < 4.78 is 5.33. The van der Waals surface area contributed by atoms with Gasteiger partial charge >= 0.3 is 0 Å².